The van der Waals surface area contributed by atoms with Crippen LogP contribution in [0.5, 0.6) is 0 Å². The van der Waals surface area contributed by atoms with Crippen molar-refractivity contribution in [1.82, 2.24) is 4.90 Å². The van der Waals surface area contributed by atoms with Crippen LogP contribution in [-0.4, -0.2) is 24.5 Å². The number of hydrogen-bond acceptors (Lipinski definition) is 1. The number of hydrogen-bond donors (Lipinski definition) is 0. The Hall–Kier alpha value is -2.71. The fraction of sp³-hybridized carbons (Fsp3) is 0.259. The summed E-state index contributed by atoms with van der Waals surface area (Å²) in [5.41, 5.74) is 6.36. The fourth-order valence-electron chi connectivity index (χ4n) is 4.37. The molecule has 2 heteroatoms. The molecule has 0 aromatic heterocycles. The lowest BCUT2D eigenvalue weighted by molar-refractivity contribution is 0.232. The molecule has 0 spiro atoms. The number of benzene rings is 3. The van der Waals surface area contributed by atoms with Gasteiger partial charge in [0.1, 0.15) is 5.82 Å². The molecule has 0 amide bonds. The first-order chi connectivity index (χ1) is 14.2. The fourth-order valence-corrected chi connectivity index (χ4v) is 4.37. The molecular formula is C27H28FN. The van der Waals surface area contributed by atoms with E-state index in [-0.39, 0.29) is 5.82 Å². The summed E-state index contributed by atoms with van der Waals surface area (Å²) in [7, 11) is 0. The molecule has 0 atom stereocenters. The summed E-state index contributed by atoms with van der Waals surface area (Å²) < 4.78 is 13.3. The molecule has 3 aromatic carbocycles. The van der Waals surface area contributed by atoms with Crippen LogP contribution in [0.25, 0.3) is 17.2 Å². The van der Waals surface area contributed by atoms with Crippen molar-refractivity contribution in [3.8, 4) is 11.1 Å². The van der Waals surface area contributed by atoms with Crippen LogP contribution in [0.1, 0.15) is 35.4 Å². The van der Waals surface area contributed by atoms with Crippen LogP contribution < -0.4 is 0 Å². The van der Waals surface area contributed by atoms with Gasteiger partial charge in [-0.25, -0.2) is 4.39 Å². The molecule has 1 heterocycles. The summed E-state index contributed by atoms with van der Waals surface area (Å²) in [5.74, 6) is 0.418. The Morgan fingerprint density at radius 3 is 2.34 bits per heavy atom. The number of likely N-dealkylation sites (tertiary alicyclic amines) is 1. The third-order valence-electron chi connectivity index (χ3n) is 6.03. The molecule has 1 aliphatic heterocycles. The van der Waals surface area contributed by atoms with E-state index in [2.05, 4.69) is 72.5 Å². The van der Waals surface area contributed by atoms with E-state index in [0.717, 1.165) is 25.2 Å². The quantitative estimate of drug-likeness (QED) is 0.473. The molecule has 148 valence electrons. The Kier molecular flexibility index (Phi) is 6.21. The summed E-state index contributed by atoms with van der Waals surface area (Å²) in [6.07, 6.45) is 6.86. The molecule has 1 fully saturated rings. The van der Waals surface area contributed by atoms with Gasteiger partial charge in [-0.1, -0.05) is 72.8 Å². The van der Waals surface area contributed by atoms with E-state index in [0.29, 0.717) is 5.92 Å². The summed E-state index contributed by atoms with van der Waals surface area (Å²) in [5, 5.41) is 0. The van der Waals surface area contributed by atoms with Crippen molar-refractivity contribution in [2.24, 2.45) is 0 Å². The second-order valence-corrected chi connectivity index (χ2v) is 7.91. The average molecular weight is 386 g/mol. The van der Waals surface area contributed by atoms with Crippen LogP contribution in [0.15, 0.2) is 78.9 Å². The second-order valence-electron chi connectivity index (χ2n) is 7.91. The first-order valence-electron chi connectivity index (χ1n) is 10.5. The Balaban J connectivity index is 1.39. The molecule has 0 N–H and O–H groups in total. The minimum absolute atomic E-state index is 0.184. The van der Waals surface area contributed by atoms with Crippen LogP contribution in [0.2, 0.25) is 0 Å². The minimum atomic E-state index is -0.184. The SMILES string of the molecule is Cc1c(-c2ccc(F)cc2)cccc1C1CCN(CC=Cc2ccccc2)CC1. The topological polar surface area (TPSA) is 3.24 Å². The molecule has 1 saturated heterocycles. The van der Waals surface area contributed by atoms with Gasteiger partial charge in [-0.2, -0.15) is 0 Å². The first kappa shape index (κ1) is 19.6. The molecule has 0 aliphatic carbocycles. The second kappa shape index (κ2) is 9.19. The maximum Gasteiger partial charge on any atom is 0.123 e. The van der Waals surface area contributed by atoms with Gasteiger partial charge < -0.3 is 0 Å². The van der Waals surface area contributed by atoms with E-state index in [9.17, 15) is 4.39 Å². The third kappa shape index (κ3) is 4.83. The maximum atomic E-state index is 13.3. The van der Waals surface area contributed by atoms with Gasteiger partial charge in [0.05, 0.1) is 0 Å². The normalized spacial score (nSPS) is 15.8. The van der Waals surface area contributed by atoms with Crippen molar-refractivity contribution in [3.05, 3.63) is 101 Å². The summed E-state index contributed by atoms with van der Waals surface area (Å²) in [4.78, 5) is 2.54. The van der Waals surface area contributed by atoms with Crippen LogP contribution in [0, 0.1) is 12.7 Å². The highest BCUT2D eigenvalue weighted by Crippen LogP contribution is 2.34. The zero-order valence-corrected chi connectivity index (χ0v) is 17.0. The summed E-state index contributed by atoms with van der Waals surface area (Å²) in [6, 6.07) is 23.9. The lowest BCUT2D eigenvalue weighted by atomic mass is 9.84. The maximum absolute atomic E-state index is 13.3. The van der Waals surface area contributed by atoms with Gasteiger partial charge in [-0.15, -0.1) is 0 Å². The number of halogens is 1. The molecule has 0 unspecified atom stereocenters. The summed E-state index contributed by atoms with van der Waals surface area (Å²) >= 11 is 0. The zero-order valence-electron chi connectivity index (χ0n) is 17.0. The largest absolute Gasteiger partial charge is 0.300 e. The number of piperidine rings is 1. The molecule has 1 nitrogen and oxygen atoms in total. The van der Waals surface area contributed by atoms with E-state index in [1.165, 1.54) is 35.1 Å². The predicted molar refractivity (Wildman–Crippen MR) is 120 cm³/mol. The number of rotatable bonds is 5. The highest BCUT2D eigenvalue weighted by molar-refractivity contribution is 5.68. The van der Waals surface area contributed by atoms with Gasteiger partial charge in [0, 0.05) is 6.54 Å². The van der Waals surface area contributed by atoms with Gasteiger partial charge in [-0.3, -0.25) is 4.90 Å². The molecule has 29 heavy (non-hydrogen) atoms. The molecule has 0 bridgehead atoms. The lowest BCUT2D eigenvalue weighted by Gasteiger charge is -2.32. The lowest BCUT2D eigenvalue weighted by Crippen LogP contribution is -2.33. The van der Waals surface area contributed by atoms with Gasteiger partial charge in [0.25, 0.3) is 0 Å². The highest BCUT2D eigenvalue weighted by Gasteiger charge is 2.22. The van der Waals surface area contributed by atoms with E-state index in [4.69, 9.17) is 0 Å². The van der Waals surface area contributed by atoms with Crippen molar-refractivity contribution < 1.29 is 4.39 Å². The van der Waals surface area contributed by atoms with Crippen molar-refractivity contribution in [2.45, 2.75) is 25.7 Å². The summed E-state index contributed by atoms with van der Waals surface area (Å²) in [6.45, 7) is 5.48. The Labute approximate surface area is 173 Å². The van der Waals surface area contributed by atoms with Crippen LogP contribution in [-0.2, 0) is 0 Å². The molecule has 0 radical (unpaired) electrons. The zero-order chi connectivity index (χ0) is 20.1. The molecule has 1 aliphatic rings. The van der Waals surface area contributed by atoms with Gasteiger partial charge >= 0.3 is 0 Å². The van der Waals surface area contributed by atoms with Crippen LogP contribution in [0.4, 0.5) is 4.39 Å². The Morgan fingerprint density at radius 2 is 1.62 bits per heavy atom. The first-order valence-corrected chi connectivity index (χ1v) is 10.5. The highest BCUT2D eigenvalue weighted by atomic mass is 19.1. The average Bonchev–Trinajstić information content (AvgIpc) is 2.76. The molecule has 3 aromatic rings. The molecular weight excluding hydrogens is 357 g/mol. The van der Waals surface area contributed by atoms with E-state index < -0.39 is 0 Å². The van der Waals surface area contributed by atoms with Crippen LogP contribution >= 0.6 is 0 Å². The van der Waals surface area contributed by atoms with Crippen LogP contribution in [0.3, 0.4) is 0 Å². The van der Waals surface area contributed by atoms with Gasteiger partial charge in [0.15, 0.2) is 0 Å². The third-order valence-corrected chi connectivity index (χ3v) is 6.03. The monoisotopic (exact) mass is 385 g/mol. The van der Waals surface area contributed by atoms with Crippen molar-refractivity contribution >= 4 is 6.08 Å². The smallest absolute Gasteiger partial charge is 0.123 e. The predicted octanol–water partition coefficient (Wildman–Crippen LogP) is 6.69. The van der Waals surface area contributed by atoms with Crippen molar-refractivity contribution in [1.29, 1.82) is 0 Å². The molecule has 0 saturated carbocycles. The Morgan fingerprint density at radius 1 is 0.897 bits per heavy atom. The van der Waals surface area contributed by atoms with Gasteiger partial charge in [-0.05, 0) is 78.7 Å². The number of nitrogens with zero attached hydrogens (tertiary/aromatic N) is 1. The standard InChI is InChI=1S/C27H28FN/c1-21-26(23-12-14-25(28)15-13-23)10-5-11-27(21)24-16-19-29(20-17-24)18-6-9-22-7-3-2-4-8-22/h2-15,24H,16-20H2,1H3. The Bertz CT molecular complexity index is 952. The van der Waals surface area contributed by atoms with Gasteiger partial charge in [0.2, 0.25) is 0 Å². The minimum Gasteiger partial charge on any atom is -0.300 e. The molecule has 4 rings (SSSR count). The van der Waals surface area contributed by atoms with Crippen molar-refractivity contribution in [2.75, 3.05) is 19.6 Å². The van der Waals surface area contributed by atoms with Crippen molar-refractivity contribution in [3.63, 3.8) is 0 Å². The van der Waals surface area contributed by atoms with E-state index >= 15 is 0 Å². The van der Waals surface area contributed by atoms with E-state index in [1.54, 1.807) is 12.1 Å². The van der Waals surface area contributed by atoms with E-state index in [1.807, 2.05) is 12.1 Å².